The van der Waals surface area contributed by atoms with Crippen molar-refractivity contribution in [3.8, 4) is 12.1 Å². The summed E-state index contributed by atoms with van der Waals surface area (Å²) in [4.78, 5) is 10.4. The van der Waals surface area contributed by atoms with Crippen LogP contribution in [-0.2, 0) is 4.79 Å². The van der Waals surface area contributed by atoms with Crippen LogP contribution in [-0.4, -0.2) is 5.97 Å². The molecule has 0 fully saturated rings. The lowest BCUT2D eigenvalue weighted by Crippen LogP contribution is -2.31. The first-order valence-electron chi connectivity index (χ1n) is 3.67. The topological polar surface area (TPSA) is 87.7 Å². The second-order valence-corrected chi connectivity index (χ2v) is 2.41. The fraction of sp³-hybridized carbons (Fsp3) is 0.625. The molecule has 4 nitrogen and oxygen atoms in total. The molecule has 0 aliphatic carbocycles. The molecular weight excluding hydrogens is 156 g/mol. The first-order chi connectivity index (χ1) is 5.72. The summed E-state index contributed by atoms with van der Waals surface area (Å²) in [6.45, 7) is 0. The quantitative estimate of drug-likeness (QED) is 0.571. The molecule has 12 heavy (non-hydrogen) atoms. The van der Waals surface area contributed by atoms with Crippen molar-refractivity contribution in [3.05, 3.63) is 0 Å². The molecule has 0 aromatic rings. The molecule has 0 atom stereocenters. The number of carboxylic acids is 1. The molecule has 0 aromatic carbocycles. The Morgan fingerprint density at radius 1 is 1.25 bits per heavy atom. The number of nitrogens with zero attached hydrogens (tertiary/aromatic N) is 2. The largest absolute Gasteiger partial charge is 0.550 e. The number of hydrogen-bond donors (Lipinski definition) is 0. The van der Waals surface area contributed by atoms with Crippen LogP contribution in [0.2, 0.25) is 0 Å². The maximum absolute atomic E-state index is 10.4. The van der Waals surface area contributed by atoms with Gasteiger partial charge in [0, 0.05) is 24.7 Å². The van der Waals surface area contributed by atoms with Crippen molar-refractivity contribution < 1.29 is 9.90 Å². The van der Waals surface area contributed by atoms with Crippen LogP contribution in [0, 0.1) is 28.6 Å². The Morgan fingerprint density at radius 2 is 1.67 bits per heavy atom. The molecular formula is C8H9N2O2-. The number of hydrogen-bond acceptors (Lipinski definition) is 4. The first-order valence-corrected chi connectivity index (χ1v) is 3.67. The van der Waals surface area contributed by atoms with E-state index in [-0.39, 0.29) is 25.7 Å². The summed E-state index contributed by atoms with van der Waals surface area (Å²) in [5.74, 6) is -1.82. The van der Waals surface area contributed by atoms with Crippen molar-refractivity contribution in [1.29, 1.82) is 10.5 Å². The van der Waals surface area contributed by atoms with Gasteiger partial charge in [-0.05, 0) is 12.8 Å². The predicted molar refractivity (Wildman–Crippen MR) is 38.2 cm³/mol. The third-order valence-electron chi connectivity index (χ3n) is 1.54. The zero-order valence-corrected chi connectivity index (χ0v) is 6.62. The SMILES string of the molecule is N#CCCC(CCC#N)C(=O)[O-]. The van der Waals surface area contributed by atoms with Crippen molar-refractivity contribution in [2.75, 3.05) is 0 Å². The highest BCUT2D eigenvalue weighted by Crippen LogP contribution is 2.11. The minimum absolute atomic E-state index is 0.198. The highest BCUT2D eigenvalue weighted by molar-refractivity contribution is 5.67. The Labute approximate surface area is 71.0 Å². The van der Waals surface area contributed by atoms with Gasteiger partial charge in [0.2, 0.25) is 0 Å². The molecule has 64 valence electrons. The normalized spacial score (nSPS) is 8.92. The fourth-order valence-corrected chi connectivity index (χ4v) is 0.858. The van der Waals surface area contributed by atoms with E-state index in [1.165, 1.54) is 0 Å². The standard InChI is InChI=1S/C8H10N2O2/c9-5-1-3-7(8(11)12)4-2-6-10/h7H,1-4H2,(H,11,12)/p-1. The van der Waals surface area contributed by atoms with Crippen LogP contribution < -0.4 is 5.11 Å². The second-order valence-electron chi connectivity index (χ2n) is 2.41. The zero-order valence-electron chi connectivity index (χ0n) is 6.62. The molecule has 0 spiro atoms. The smallest absolute Gasteiger partial charge is 0.0621 e. The van der Waals surface area contributed by atoms with Crippen LogP contribution >= 0.6 is 0 Å². The first kappa shape index (κ1) is 10.4. The van der Waals surface area contributed by atoms with Gasteiger partial charge in [-0.1, -0.05) is 0 Å². The van der Waals surface area contributed by atoms with Gasteiger partial charge in [-0.25, -0.2) is 0 Å². The Morgan fingerprint density at radius 3 is 1.92 bits per heavy atom. The van der Waals surface area contributed by atoms with Gasteiger partial charge in [0.15, 0.2) is 0 Å². The van der Waals surface area contributed by atoms with Gasteiger partial charge >= 0.3 is 0 Å². The average Bonchev–Trinajstić information content (AvgIpc) is 2.04. The highest BCUT2D eigenvalue weighted by Gasteiger charge is 2.08. The van der Waals surface area contributed by atoms with Crippen LogP contribution in [0.4, 0.5) is 0 Å². The summed E-state index contributed by atoms with van der Waals surface area (Å²) in [5.41, 5.74) is 0. The van der Waals surface area contributed by atoms with Crippen LogP contribution in [0.15, 0.2) is 0 Å². The van der Waals surface area contributed by atoms with Crippen molar-refractivity contribution in [2.45, 2.75) is 25.7 Å². The molecule has 0 amide bonds. The Balaban J connectivity index is 3.82. The van der Waals surface area contributed by atoms with E-state index in [1.54, 1.807) is 0 Å². The van der Waals surface area contributed by atoms with E-state index in [0.29, 0.717) is 0 Å². The highest BCUT2D eigenvalue weighted by atomic mass is 16.4. The van der Waals surface area contributed by atoms with Gasteiger partial charge in [-0.3, -0.25) is 0 Å². The summed E-state index contributed by atoms with van der Waals surface area (Å²) in [6, 6.07) is 3.71. The van der Waals surface area contributed by atoms with Gasteiger partial charge in [-0.2, -0.15) is 10.5 Å². The molecule has 0 saturated heterocycles. The van der Waals surface area contributed by atoms with Crippen molar-refractivity contribution in [3.63, 3.8) is 0 Å². The number of carboxylic acid groups (broad SMARTS) is 1. The minimum atomic E-state index is -1.17. The van der Waals surface area contributed by atoms with Gasteiger partial charge in [0.25, 0.3) is 0 Å². The lowest BCUT2D eigenvalue weighted by Gasteiger charge is -2.13. The van der Waals surface area contributed by atoms with E-state index < -0.39 is 11.9 Å². The Kier molecular flexibility index (Phi) is 5.38. The third-order valence-corrected chi connectivity index (χ3v) is 1.54. The van der Waals surface area contributed by atoms with Gasteiger partial charge in [0.05, 0.1) is 12.1 Å². The van der Waals surface area contributed by atoms with Gasteiger partial charge in [0.1, 0.15) is 0 Å². The minimum Gasteiger partial charge on any atom is -0.550 e. The summed E-state index contributed by atoms with van der Waals surface area (Å²) < 4.78 is 0. The van der Waals surface area contributed by atoms with E-state index in [9.17, 15) is 9.90 Å². The summed E-state index contributed by atoms with van der Waals surface area (Å²) in [6.07, 6.45) is 0.954. The van der Waals surface area contributed by atoms with Crippen LogP contribution in [0.3, 0.4) is 0 Å². The Bertz CT molecular complexity index is 206. The number of rotatable bonds is 5. The number of nitriles is 2. The average molecular weight is 165 g/mol. The number of carbonyl (C=O) groups excluding carboxylic acids is 1. The van der Waals surface area contributed by atoms with Gasteiger partial charge < -0.3 is 9.90 Å². The summed E-state index contributed by atoms with van der Waals surface area (Å²) in [7, 11) is 0. The molecule has 4 heteroatoms. The molecule has 0 N–H and O–H groups in total. The molecule has 0 aliphatic heterocycles. The molecule has 0 aliphatic rings. The maximum atomic E-state index is 10.4. The van der Waals surface area contributed by atoms with E-state index in [1.807, 2.05) is 12.1 Å². The lowest BCUT2D eigenvalue weighted by molar-refractivity contribution is -0.312. The predicted octanol–water partition coefficient (Wildman–Crippen LogP) is -0.0399. The van der Waals surface area contributed by atoms with E-state index in [2.05, 4.69) is 0 Å². The molecule has 0 heterocycles. The van der Waals surface area contributed by atoms with Crippen molar-refractivity contribution in [1.82, 2.24) is 0 Å². The van der Waals surface area contributed by atoms with Crippen LogP contribution in [0.25, 0.3) is 0 Å². The monoisotopic (exact) mass is 165 g/mol. The summed E-state index contributed by atoms with van der Waals surface area (Å²) in [5, 5.41) is 26.8. The van der Waals surface area contributed by atoms with Crippen LogP contribution in [0.1, 0.15) is 25.7 Å². The van der Waals surface area contributed by atoms with Gasteiger partial charge in [-0.15, -0.1) is 0 Å². The molecule has 0 rings (SSSR count). The summed E-state index contributed by atoms with van der Waals surface area (Å²) >= 11 is 0. The lowest BCUT2D eigenvalue weighted by atomic mass is 9.99. The van der Waals surface area contributed by atoms with Crippen LogP contribution in [0.5, 0.6) is 0 Å². The molecule has 0 bridgehead atoms. The molecule has 0 radical (unpaired) electrons. The molecule has 0 aromatic heterocycles. The van der Waals surface area contributed by atoms with Crippen molar-refractivity contribution in [2.24, 2.45) is 5.92 Å². The van der Waals surface area contributed by atoms with E-state index >= 15 is 0 Å². The van der Waals surface area contributed by atoms with E-state index in [0.717, 1.165) is 0 Å². The molecule has 0 unspecified atom stereocenters. The third kappa shape index (κ3) is 4.29. The van der Waals surface area contributed by atoms with E-state index in [4.69, 9.17) is 10.5 Å². The maximum Gasteiger partial charge on any atom is 0.0621 e. The molecule has 0 saturated carbocycles. The number of carbonyl (C=O) groups is 1. The van der Waals surface area contributed by atoms with Crippen molar-refractivity contribution >= 4 is 5.97 Å². The Hall–Kier alpha value is -1.55. The second kappa shape index (κ2) is 6.18. The zero-order chi connectivity index (χ0) is 9.40. The fourth-order valence-electron chi connectivity index (χ4n) is 0.858. The number of aliphatic carboxylic acids is 1.